The first kappa shape index (κ1) is 45.8. The number of aryl methyl sites for hydroxylation is 2. The molecule has 348 valence electrons. The highest BCUT2D eigenvalue weighted by Gasteiger charge is 2.64. The largest absolute Gasteiger partial charge is 0.417 e. The molecule has 66 heavy (non-hydrogen) atoms. The van der Waals surface area contributed by atoms with Gasteiger partial charge in [0, 0.05) is 37.0 Å². The van der Waals surface area contributed by atoms with Crippen LogP contribution in [0, 0.1) is 34.8 Å². The van der Waals surface area contributed by atoms with Crippen LogP contribution in [-0.4, -0.2) is 63.9 Å². The molecule has 0 saturated heterocycles. The van der Waals surface area contributed by atoms with Crippen molar-refractivity contribution in [3.05, 3.63) is 119 Å². The maximum atomic E-state index is 14.0. The Morgan fingerprint density at radius 3 is 1.59 bits per heavy atom. The lowest BCUT2D eigenvalue weighted by Crippen LogP contribution is -2.57. The topological polar surface area (TPSA) is 104 Å². The van der Waals surface area contributed by atoms with Crippen molar-refractivity contribution in [3.63, 3.8) is 0 Å². The molecule has 4 aromatic carbocycles. The van der Waals surface area contributed by atoms with Crippen molar-refractivity contribution in [1.29, 1.82) is 5.26 Å². The molecule has 4 aliphatic rings. The Hall–Kier alpha value is -5.37. The maximum absolute atomic E-state index is 14.0. The van der Waals surface area contributed by atoms with E-state index in [0.717, 1.165) is 69.7 Å². The van der Waals surface area contributed by atoms with Gasteiger partial charge in [-0.15, -0.1) is 0 Å². The molecule has 2 N–H and O–H groups in total. The van der Waals surface area contributed by atoms with Gasteiger partial charge < -0.3 is 15.2 Å². The number of hydrogen-bond acceptors (Lipinski definition) is 6. The number of fused-ring (bicyclic) bond motifs is 8. The predicted octanol–water partition coefficient (Wildman–Crippen LogP) is 11.5. The summed E-state index contributed by atoms with van der Waals surface area (Å²) in [5, 5.41) is 21.0. The van der Waals surface area contributed by atoms with Crippen LogP contribution in [0.25, 0.3) is 33.2 Å². The van der Waals surface area contributed by atoms with Crippen molar-refractivity contribution in [2.45, 2.75) is 111 Å². The Balaban J connectivity index is 0.000000166. The van der Waals surface area contributed by atoms with Gasteiger partial charge in [-0.05, 0) is 184 Å². The third-order valence-electron chi connectivity index (χ3n) is 15.7. The van der Waals surface area contributed by atoms with Gasteiger partial charge in [-0.3, -0.25) is 0 Å². The van der Waals surface area contributed by atoms with E-state index in [1.807, 2.05) is 12.1 Å². The van der Waals surface area contributed by atoms with Crippen LogP contribution in [0.4, 0.5) is 35.1 Å². The number of aromatic nitrogens is 4. The highest BCUT2D eigenvalue weighted by Crippen LogP contribution is 2.58. The average molecular weight is 919 g/mol. The SMILES string of the molecule is CO[C@]1(C(F)(F)F)CC[C@@]2(C#N)c3cc4cnn(-c5ccc(F)cc5)c4cc3CCC[C@@H]2C1.CO[C@]1(C(F)(F)F)CC[C@@]2(CN)c3cc4cnn(-c5ccc(F)cc5)c4cc3CCC[C@@H]2C1. The molecule has 8 nitrogen and oxygen atoms in total. The molecule has 16 heteroatoms. The van der Waals surface area contributed by atoms with Crippen LogP contribution in [0.3, 0.4) is 0 Å². The second-order valence-corrected chi connectivity index (χ2v) is 18.6. The minimum atomic E-state index is -4.49. The molecule has 0 spiro atoms. The van der Waals surface area contributed by atoms with Crippen LogP contribution in [-0.2, 0) is 33.1 Å². The van der Waals surface area contributed by atoms with Gasteiger partial charge in [0.05, 0.1) is 46.3 Å². The predicted molar refractivity (Wildman–Crippen MR) is 232 cm³/mol. The van der Waals surface area contributed by atoms with E-state index in [1.54, 1.807) is 46.0 Å². The molecule has 10 rings (SSSR count). The fourth-order valence-corrected chi connectivity index (χ4v) is 11.9. The summed E-state index contributed by atoms with van der Waals surface area (Å²) in [4.78, 5) is 0. The van der Waals surface area contributed by atoms with Crippen molar-refractivity contribution in [2.75, 3.05) is 20.8 Å². The van der Waals surface area contributed by atoms with E-state index in [1.165, 1.54) is 31.4 Å². The zero-order valence-electron chi connectivity index (χ0n) is 36.6. The second-order valence-electron chi connectivity index (χ2n) is 18.6. The van der Waals surface area contributed by atoms with Gasteiger partial charge >= 0.3 is 12.4 Å². The molecule has 0 amide bonds. The molecular weight excluding hydrogens is 869 g/mol. The lowest BCUT2D eigenvalue weighted by molar-refractivity contribution is -0.288. The quantitative estimate of drug-likeness (QED) is 0.173. The highest BCUT2D eigenvalue weighted by molar-refractivity contribution is 5.84. The van der Waals surface area contributed by atoms with Crippen molar-refractivity contribution >= 4 is 21.8 Å². The van der Waals surface area contributed by atoms with Crippen LogP contribution in [0.5, 0.6) is 0 Å². The van der Waals surface area contributed by atoms with Gasteiger partial charge in [-0.1, -0.05) is 0 Å². The standard InChI is InChI=1S/C25H27F4N3O.C25H23F4N3O/c2*1-33-24(25(27,28)29)10-9-23(15-30)18(13-24)4-2-3-16-12-22-17(11-21(16)23)14-31-32(22)20-7-5-19(26)6-8-20/h5-8,11-12,14,18H,2-4,9-10,13,15,30H2,1H3;5-8,11-12,14,18H,2-4,9-10,13H2,1H3/t2*18-,23+,24-/m11/s1. The first-order chi connectivity index (χ1) is 31.5. The first-order valence-corrected chi connectivity index (χ1v) is 22.4. The number of methoxy groups -OCH3 is 2. The summed E-state index contributed by atoms with van der Waals surface area (Å²) in [6, 6.07) is 22.7. The number of nitrogens with two attached hydrogens (primary N) is 1. The monoisotopic (exact) mass is 918 g/mol. The zero-order chi connectivity index (χ0) is 46.9. The van der Waals surface area contributed by atoms with Crippen LogP contribution in [0.2, 0.25) is 0 Å². The summed E-state index contributed by atoms with van der Waals surface area (Å²) in [6.07, 6.45) is -1.58. The molecule has 0 aliphatic heterocycles. The van der Waals surface area contributed by atoms with Crippen LogP contribution in [0.1, 0.15) is 86.5 Å². The van der Waals surface area contributed by atoms with Gasteiger partial charge in [0.25, 0.3) is 0 Å². The van der Waals surface area contributed by atoms with E-state index in [9.17, 15) is 40.4 Å². The Morgan fingerprint density at radius 2 is 1.12 bits per heavy atom. The van der Waals surface area contributed by atoms with E-state index >= 15 is 0 Å². The third-order valence-corrected chi connectivity index (χ3v) is 15.7. The van der Waals surface area contributed by atoms with Crippen LogP contribution >= 0.6 is 0 Å². The number of alkyl halides is 6. The van der Waals surface area contributed by atoms with Crippen molar-refractivity contribution in [2.24, 2.45) is 17.6 Å². The maximum Gasteiger partial charge on any atom is 0.417 e. The van der Waals surface area contributed by atoms with Crippen molar-refractivity contribution in [1.82, 2.24) is 19.6 Å². The molecule has 0 radical (unpaired) electrons. The van der Waals surface area contributed by atoms with E-state index in [2.05, 4.69) is 28.4 Å². The third kappa shape index (κ3) is 7.36. The highest BCUT2D eigenvalue weighted by atomic mass is 19.4. The molecule has 2 fully saturated rings. The smallest absolute Gasteiger partial charge is 0.369 e. The van der Waals surface area contributed by atoms with Gasteiger partial charge in [-0.25, -0.2) is 18.1 Å². The molecule has 0 unspecified atom stereocenters. The average Bonchev–Trinajstić information content (AvgIpc) is 3.83. The minimum absolute atomic E-state index is 0.0729. The number of nitrogens with zero attached hydrogens (tertiary/aromatic N) is 5. The van der Waals surface area contributed by atoms with Crippen molar-refractivity contribution < 1.29 is 44.6 Å². The van der Waals surface area contributed by atoms with E-state index < -0.39 is 40.3 Å². The van der Waals surface area contributed by atoms with Crippen molar-refractivity contribution in [3.8, 4) is 17.4 Å². The Labute approximate surface area is 376 Å². The summed E-state index contributed by atoms with van der Waals surface area (Å²) in [5.74, 6) is -1.33. The van der Waals surface area contributed by atoms with Gasteiger partial charge in [0.2, 0.25) is 0 Å². The number of rotatable bonds is 5. The molecule has 2 aromatic heterocycles. The normalized spacial score (nSPS) is 27.6. The molecule has 2 saturated carbocycles. The Bertz CT molecular complexity index is 2800. The fourth-order valence-electron chi connectivity index (χ4n) is 11.9. The Morgan fingerprint density at radius 1 is 0.667 bits per heavy atom. The molecule has 6 aromatic rings. The molecule has 0 bridgehead atoms. The first-order valence-electron chi connectivity index (χ1n) is 22.4. The van der Waals surface area contributed by atoms with Gasteiger partial charge in [-0.2, -0.15) is 41.8 Å². The summed E-state index contributed by atoms with van der Waals surface area (Å²) in [6.45, 7) is 0.292. The lowest BCUT2D eigenvalue weighted by atomic mass is 9.57. The summed E-state index contributed by atoms with van der Waals surface area (Å²) in [7, 11) is 2.28. The number of benzene rings is 4. The number of nitriles is 1. The fraction of sp³-hybridized carbons (Fsp3) is 0.460. The van der Waals surface area contributed by atoms with E-state index in [0.29, 0.717) is 44.3 Å². The molecule has 4 aliphatic carbocycles. The number of ether oxygens (including phenoxy) is 2. The Kier molecular flexibility index (Phi) is 11.6. The summed E-state index contributed by atoms with van der Waals surface area (Å²) < 4.78 is 124. The summed E-state index contributed by atoms with van der Waals surface area (Å²) >= 11 is 0. The molecule has 6 atom stereocenters. The van der Waals surface area contributed by atoms with Crippen LogP contribution < -0.4 is 5.73 Å². The van der Waals surface area contributed by atoms with Crippen LogP contribution in [0.15, 0.2) is 85.2 Å². The molecule has 2 heterocycles. The number of hydrogen-bond donors (Lipinski definition) is 1. The van der Waals surface area contributed by atoms with Gasteiger partial charge in [0.1, 0.15) is 11.6 Å². The number of halogens is 8. The molecular formula is C50H50F8N6O2. The van der Waals surface area contributed by atoms with E-state index in [4.69, 9.17) is 15.2 Å². The zero-order valence-corrected chi connectivity index (χ0v) is 36.6. The summed E-state index contributed by atoms with van der Waals surface area (Å²) in [5.41, 5.74) is 7.61. The van der Waals surface area contributed by atoms with Gasteiger partial charge in [0.15, 0.2) is 11.2 Å². The minimum Gasteiger partial charge on any atom is -0.369 e. The van der Waals surface area contributed by atoms with E-state index in [-0.39, 0.29) is 49.7 Å². The second kappa shape index (κ2) is 16.7. The lowest BCUT2D eigenvalue weighted by Gasteiger charge is -2.51.